The molecule has 1 aromatic rings. The molecule has 330 valence electrons. The third-order valence-electron chi connectivity index (χ3n) is 12.5. The van der Waals surface area contributed by atoms with Crippen LogP contribution in [0.5, 0.6) is 5.75 Å². The molecule has 3 saturated carbocycles. The van der Waals surface area contributed by atoms with E-state index in [4.69, 9.17) is 23.7 Å². The molecule has 3 aliphatic rings. The molecule has 0 heterocycles. The summed E-state index contributed by atoms with van der Waals surface area (Å²) in [7, 11) is 0. The van der Waals surface area contributed by atoms with Gasteiger partial charge < -0.3 is 34.3 Å². The Bertz CT molecular complexity index is 1420. The molecule has 0 radical (unpaired) electrons. The number of hydrogen-bond acceptors (Lipinski definition) is 9. The number of aryl methyl sites for hydroxylation is 1. The Morgan fingerprint density at radius 3 is 1.76 bits per heavy atom. The van der Waals surface area contributed by atoms with Crippen LogP contribution < -0.4 is 15.4 Å². The van der Waals surface area contributed by atoms with Crippen LogP contribution in [0.25, 0.3) is 0 Å². The molecule has 1 aromatic carbocycles. The van der Waals surface area contributed by atoms with Crippen molar-refractivity contribution in [2.24, 2.45) is 23.7 Å². The van der Waals surface area contributed by atoms with E-state index in [9.17, 15) is 19.2 Å². The van der Waals surface area contributed by atoms with Gasteiger partial charge in [0.2, 0.25) is 0 Å². The second-order valence-electron chi connectivity index (χ2n) is 17.5. The van der Waals surface area contributed by atoms with Crippen LogP contribution in [0.2, 0.25) is 0 Å². The molecule has 11 heteroatoms. The van der Waals surface area contributed by atoms with Gasteiger partial charge in [0.25, 0.3) is 0 Å². The van der Waals surface area contributed by atoms with Crippen LogP contribution in [0.1, 0.15) is 148 Å². The fraction of sp³-hybridized carbons (Fsp3) is 0.708. The number of rotatable bonds is 24. The monoisotopic (exact) mass is 823 g/mol. The highest BCUT2D eigenvalue weighted by molar-refractivity contribution is 5.87. The number of carbonyl (C=O) groups excluding carboxylic acids is 4. The Morgan fingerprint density at radius 2 is 1.20 bits per heavy atom. The van der Waals surface area contributed by atoms with Crippen LogP contribution in [-0.4, -0.2) is 68.7 Å². The maximum absolute atomic E-state index is 13.0. The first-order valence-electron chi connectivity index (χ1n) is 22.8. The summed E-state index contributed by atoms with van der Waals surface area (Å²) < 4.78 is 27.9. The molecule has 3 aliphatic carbocycles. The van der Waals surface area contributed by atoms with Gasteiger partial charge in [-0.1, -0.05) is 70.7 Å². The number of nitrogens with one attached hydrogen (secondary N) is 2. The summed E-state index contributed by atoms with van der Waals surface area (Å²) in [6.45, 7) is 11.7. The van der Waals surface area contributed by atoms with Crippen molar-refractivity contribution in [2.45, 2.75) is 167 Å². The molecule has 1 atom stereocenters. The van der Waals surface area contributed by atoms with E-state index < -0.39 is 18.2 Å². The lowest BCUT2D eigenvalue weighted by atomic mass is 9.76. The zero-order valence-electron chi connectivity index (χ0n) is 36.2. The van der Waals surface area contributed by atoms with Crippen LogP contribution in [0.3, 0.4) is 0 Å². The van der Waals surface area contributed by atoms with Gasteiger partial charge in [-0.3, -0.25) is 0 Å². The fourth-order valence-corrected chi connectivity index (χ4v) is 8.77. The van der Waals surface area contributed by atoms with E-state index in [1.807, 2.05) is 12.1 Å². The van der Waals surface area contributed by atoms with Crippen molar-refractivity contribution >= 4 is 24.1 Å². The number of alkyl carbamates (subject to hydrolysis) is 2. The molecule has 11 nitrogen and oxygen atoms in total. The first-order chi connectivity index (χ1) is 28.6. The number of carbonyl (C=O) groups is 4. The predicted molar refractivity (Wildman–Crippen MR) is 230 cm³/mol. The zero-order valence-corrected chi connectivity index (χ0v) is 36.2. The lowest BCUT2D eigenvalue weighted by Gasteiger charge is -2.34. The SMILES string of the molecule is C=CC(=O)OCC1CCC(COC(=O)NC2CCC(CC3CCC(NC(=O)OC(COC(=O)C(=C)C)COc4ccc(CCCCCCCCC)cc4)CC3)CC2)CC1. The quantitative estimate of drug-likeness (QED) is 0.0451. The first-order valence-corrected chi connectivity index (χ1v) is 22.8. The van der Waals surface area contributed by atoms with Crippen LogP contribution in [0.4, 0.5) is 9.59 Å². The number of ether oxygens (including phenoxy) is 5. The smallest absolute Gasteiger partial charge is 0.407 e. The van der Waals surface area contributed by atoms with Crippen LogP contribution >= 0.6 is 0 Å². The van der Waals surface area contributed by atoms with Gasteiger partial charge >= 0.3 is 24.1 Å². The van der Waals surface area contributed by atoms with Crippen molar-refractivity contribution in [1.82, 2.24) is 10.6 Å². The van der Waals surface area contributed by atoms with Crippen molar-refractivity contribution in [2.75, 3.05) is 26.4 Å². The van der Waals surface area contributed by atoms with Crippen molar-refractivity contribution < 1.29 is 42.9 Å². The van der Waals surface area contributed by atoms with Crippen molar-refractivity contribution in [3.05, 3.63) is 54.6 Å². The van der Waals surface area contributed by atoms with E-state index in [0.29, 0.717) is 42.6 Å². The molecule has 4 rings (SSSR count). The summed E-state index contributed by atoms with van der Waals surface area (Å²) in [5.74, 6) is 1.75. The zero-order chi connectivity index (χ0) is 42.2. The van der Waals surface area contributed by atoms with Gasteiger partial charge in [-0.05, 0) is 145 Å². The minimum absolute atomic E-state index is 0.0326. The van der Waals surface area contributed by atoms with Gasteiger partial charge in [0.05, 0.1) is 13.2 Å². The summed E-state index contributed by atoms with van der Waals surface area (Å²) in [5, 5.41) is 6.15. The minimum Gasteiger partial charge on any atom is -0.490 e. The van der Waals surface area contributed by atoms with Gasteiger partial charge in [0.1, 0.15) is 19.0 Å². The van der Waals surface area contributed by atoms with Crippen molar-refractivity contribution in [3.8, 4) is 5.75 Å². The van der Waals surface area contributed by atoms with E-state index in [1.54, 1.807) is 6.92 Å². The van der Waals surface area contributed by atoms with Gasteiger partial charge in [-0.15, -0.1) is 0 Å². The first kappa shape index (κ1) is 47.7. The third kappa shape index (κ3) is 19.3. The lowest BCUT2D eigenvalue weighted by molar-refractivity contribution is -0.142. The third-order valence-corrected chi connectivity index (χ3v) is 12.5. The summed E-state index contributed by atoms with van der Waals surface area (Å²) in [5.41, 5.74) is 1.55. The molecular weight excluding hydrogens is 749 g/mol. The maximum atomic E-state index is 13.0. The van der Waals surface area contributed by atoms with Gasteiger partial charge in [0, 0.05) is 23.7 Å². The Labute approximate surface area is 354 Å². The number of esters is 2. The van der Waals surface area contributed by atoms with Crippen LogP contribution in [0.15, 0.2) is 49.1 Å². The van der Waals surface area contributed by atoms with E-state index in [1.165, 1.54) is 63.0 Å². The molecule has 2 amide bonds. The average Bonchev–Trinajstić information content (AvgIpc) is 3.24. The summed E-state index contributed by atoms with van der Waals surface area (Å²) in [6.07, 6.45) is 22.7. The van der Waals surface area contributed by atoms with Crippen LogP contribution in [-0.2, 0) is 35.0 Å². The highest BCUT2D eigenvalue weighted by Crippen LogP contribution is 2.36. The molecule has 0 aromatic heterocycles. The van der Waals surface area contributed by atoms with E-state index in [0.717, 1.165) is 83.5 Å². The predicted octanol–water partition coefficient (Wildman–Crippen LogP) is 10.3. The van der Waals surface area contributed by atoms with Crippen LogP contribution in [0, 0.1) is 23.7 Å². The highest BCUT2D eigenvalue weighted by atomic mass is 16.6. The molecule has 0 aliphatic heterocycles. The standard InChI is InChI=1S/C48H74N2O9/c1-5-7-8-9-10-11-12-13-36-22-28-43(29-23-36)55-33-44(34-57-46(52)35(3)4)59-48(54)50-42-26-20-38(21-27-42)30-37-18-24-41(25-19-37)49-47(53)58-32-40-16-14-39(15-17-40)31-56-45(51)6-2/h6,22-23,28-29,37-42,44H,2-3,5,7-21,24-27,30-34H2,1,4H3,(H,49,53)(H,50,54). The second kappa shape index (κ2) is 27.0. The van der Waals surface area contributed by atoms with E-state index >= 15 is 0 Å². The molecule has 0 spiro atoms. The van der Waals surface area contributed by atoms with Gasteiger partial charge in [-0.25, -0.2) is 19.2 Å². The number of hydrogen-bond donors (Lipinski definition) is 2. The Kier molecular flexibility index (Phi) is 21.8. The summed E-state index contributed by atoms with van der Waals surface area (Å²) in [6, 6.07) is 8.23. The number of benzene rings is 1. The molecule has 2 N–H and O–H groups in total. The molecule has 3 fully saturated rings. The maximum Gasteiger partial charge on any atom is 0.407 e. The van der Waals surface area contributed by atoms with Gasteiger partial charge in [-0.2, -0.15) is 0 Å². The summed E-state index contributed by atoms with van der Waals surface area (Å²) >= 11 is 0. The topological polar surface area (TPSA) is 138 Å². The van der Waals surface area contributed by atoms with Gasteiger partial charge in [0.15, 0.2) is 6.10 Å². The Hall–Kier alpha value is -4.02. The number of unbranched alkanes of at least 4 members (excludes halogenated alkanes) is 6. The Morgan fingerprint density at radius 1 is 0.678 bits per heavy atom. The summed E-state index contributed by atoms with van der Waals surface area (Å²) in [4.78, 5) is 49.1. The molecular formula is C48H74N2O9. The molecule has 1 unspecified atom stereocenters. The van der Waals surface area contributed by atoms with E-state index in [2.05, 4.69) is 42.8 Å². The fourth-order valence-electron chi connectivity index (χ4n) is 8.77. The second-order valence-corrected chi connectivity index (χ2v) is 17.5. The number of amides is 2. The average molecular weight is 823 g/mol. The Balaban J connectivity index is 1.08. The molecule has 0 bridgehead atoms. The largest absolute Gasteiger partial charge is 0.490 e. The minimum atomic E-state index is -0.776. The highest BCUT2D eigenvalue weighted by Gasteiger charge is 2.30. The van der Waals surface area contributed by atoms with E-state index in [-0.39, 0.29) is 42.9 Å². The lowest BCUT2D eigenvalue weighted by Crippen LogP contribution is -2.42. The molecule has 59 heavy (non-hydrogen) atoms. The van der Waals surface area contributed by atoms with Crippen molar-refractivity contribution in [3.63, 3.8) is 0 Å². The normalized spacial score (nSPS) is 23.5. The molecule has 0 saturated heterocycles. The van der Waals surface area contributed by atoms with Crippen molar-refractivity contribution in [1.29, 1.82) is 0 Å².